The summed E-state index contributed by atoms with van der Waals surface area (Å²) in [6.45, 7) is 3.82. The van der Waals surface area contributed by atoms with E-state index in [1.807, 2.05) is 6.92 Å². The van der Waals surface area contributed by atoms with Crippen LogP contribution >= 0.6 is 23.5 Å². The van der Waals surface area contributed by atoms with Crippen LogP contribution in [0.15, 0.2) is 12.1 Å². The smallest absolute Gasteiger partial charge is 0.303 e. The number of aliphatic carboxylic acids is 1. The molecule has 0 amide bonds. The summed E-state index contributed by atoms with van der Waals surface area (Å²) in [5, 5.41) is 19.5. The highest BCUT2D eigenvalue weighted by Gasteiger charge is 2.27. The molecule has 1 aliphatic heterocycles. The molecule has 0 saturated carbocycles. The van der Waals surface area contributed by atoms with Crippen LogP contribution in [0.2, 0.25) is 0 Å². The number of phenols is 1. The van der Waals surface area contributed by atoms with Crippen molar-refractivity contribution < 1.29 is 28.7 Å². The van der Waals surface area contributed by atoms with Crippen molar-refractivity contribution in [1.29, 1.82) is 0 Å². The zero-order valence-electron chi connectivity index (χ0n) is 17.4. The number of carboxylic acids is 1. The van der Waals surface area contributed by atoms with Gasteiger partial charge in [-0.2, -0.15) is 0 Å². The fourth-order valence-corrected chi connectivity index (χ4v) is 8.35. The number of benzene rings is 1. The Hall–Kier alpha value is -1.19. The molecule has 0 radical (unpaired) electrons. The topological polar surface area (TPSA) is 101 Å². The molecule has 6 nitrogen and oxygen atoms in total. The maximum Gasteiger partial charge on any atom is 0.303 e. The Kier molecular flexibility index (Phi) is 10.5. The van der Waals surface area contributed by atoms with Crippen LogP contribution in [-0.4, -0.2) is 59.9 Å². The highest BCUT2D eigenvalue weighted by Crippen LogP contribution is 2.40. The molecule has 2 rings (SSSR count). The molecule has 1 heterocycles. The van der Waals surface area contributed by atoms with Crippen molar-refractivity contribution in [2.75, 3.05) is 23.9 Å². The van der Waals surface area contributed by atoms with Crippen molar-refractivity contribution in [3.8, 4) is 11.5 Å². The molecule has 1 saturated heterocycles. The number of aromatic hydroxyl groups is 1. The first-order valence-electron chi connectivity index (χ1n) is 10.1. The average Bonchev–Trinajstić information content (AvgIpc) is 3.13. The van der Waals surface area contributed by atoms with Crippen molar-refractivity contribution in [3.63, 3.8) is 0 Å². The molecule has 0 aromatic heterocycles. The number of Topliss-reactive ketones (excluding diaryl/α,β-unsaturated/α-hetero) is 1. The van der Waals surface area contributed by atoms with E-state index in [4.69, 9.17) is 9.84 Å². The minimum Gasteiger partial charge on any atom is -0.507 e. The van der Waals surface area contributed by atoms with Crippen LogP contribution in [0.25, 0.3) is 0 Å². The van der Waals surface area contributed by atoms with E-state index < -0.39 is 16.8 Å². The van der Waals surface area contributed by atoms with Gasteiger partial charge in [-0.15, -0.1) is 23.5 Å². The molecular weight excluding hydrogens is 444 g/mol. The predicted molar refractivity (Wildman–Crippen MR) is 125 cm³/mol. The van der Waals surface area contributed by atoms with Crippen LogP contribution in [0.1, 0.15) is 55.5 Å². The van der Waals surface area contributed by atoms with Gasteiger partial charge in [0.1, 0.15) is 11.5 Å². The normalized spacial score (nSPS) is 19.5. The first kappa shape index (κ1) is 25.1. The van der Waals surface area contributed by atoms with E-state index in [1.165, 1.54) is 6.92 Å². The van der Waals surface area contributed by atoms with Gasteiger partial charge in [-0.05, 0) is 38.3 Å². The predicted octanol–water partition coefficient (Wildman–Crippen LogP) is 4.10. The van der Waals surface area contributed by atoms with Crippen LogP contribution in [0, 0.1) is 0 Å². The zero-order chi connectivity index (χ0) is 22.1. The van der Waals surface area contributed by atoms with Crippen LogP contribution in [0.3, 0.4) is 0 Å². The second-order valence-corrected chi connectivity index (χ2v) is 11.9. The molecule has 30 heavy (non-hydrogen) atoms. The number of carboxylic acid groups (broad SMARTS) is 1. The minimum absolute atomic E-state index is 0.00126. The molecule has 9 heteroatoms. The first-order chi connectivity index (χ1) is 14.3. The summed E-state index contributed by atoms with van der Waals surface area (Å²) in [6, 6.07) is 3.31. The molecule has 1 aromatic rings. The molecule has 2 N–H and O–H groups in total. The van der Waals surface area contributed by atoms with Gasteiger partial charge in [-0.1, -0.05) is 13.3 Å². The maximum atomic E-state index is 12.4. The summed E-state index contributed by atoms with van der Waals surface area (Å²) in [6.07, 6.45) is 2.91. The van der Waals surface area contributed by atoms with Crippen molar-refractivity contribution in [1.82, 2.24) is 0 Å². The number of hydrogen-bond donors (Lipinski definition) is 2. The monoisotopic (exact) mass is 474 g/mol. The maximum absolute atomic E-state index is 12.4. The molecule has 1 aromatic carbocycles. The van der Waals surface area contributed by atoms with Gasteiger partial charge in [0.15, 0.2) is 5.78 Å². The van der Waals surface area contributed by atoms with Gasteiger partial charge in [-0.3, -0.25) is 13.8 Å². The van der Waals surface area contributed by atoms with Crippen molar-refractivity contribution >= 4 is 46.1 Å². The molecule has 3 atom stereocenters. The molecule has 3 unspecified atom stereocenters. The second kappa shape index (κ2) is 12.6. The molecule has 0 spiro atoms. The van der Waals surface area contributed by atoms with Crippen LogP contribution in [-0.2, 0) is 22.0 Å². The third kappa shape index (κ3) is 7.81. The first-order valence-corrected chi connectivity index (χ1v) is 13.6. The van der Waals surface area contributed by atoms with E-state index in [0.717, 1.165) is 12.2 Å². The Morgan fingerprint density at radius 1 is 1.33 bits per heavy atom. The largest absolute Gasteiger partial charge is 0.507 e. The lowest BCUT2D eigenvalue weighted by Gasteiger charge is -2.15. The number of thioether (sulfide) groups is 2. The summed E-state index contributed by atoms with van der Waals surface area (Å²) in [7, 11) is -0.943. The fourth-order valence-electron chi connectivity index (χ4n) is 3.21. The standard InChI is InChI=1S/C21H30O6S3/c1-3-5-17-18(7-6-16(14(2)22)21(17)25)27-10-4-11-30(26)13-15-12-28-20(29-15)9-8-19(23)24/h6-7,15,20,25H,3-5,8-13H2,1-2H3,(H,23,24). The van der Waals surface area contributed by atoms with Crippen molar-refractivity contribution in [2.24, 2.45) is 0 Å². The Balaban J connectivity index is 1.76. The van der Waals surface area contributed by atoms with Gasteiger partial charge in [0.25, 0.3) is 0 Å². The van der Waals surface area contributed by atoms with E-state index in [-0.39, 0.29) is 22.5 Å². The SMILES string of the molecule is CCCc1c(OCCCS(=O)CC2CSC(CCC(=O)O)S2)ccc(C(C)=O)c1O. The molecular formula is C21H30O6S3. The summed E-state index contributed by atoms with van der Waals surface area (Å²) >= 11 is 3.51. The Morgan fingerprint density at radius 3 is 2.77 bits per heavy atom. The van der Waals surface area contributed by atoms with Crippen LogP contribution < -0.4 is 4.74 Å². The summed E-state index contributed by atoms with van der Waals surface area (Å²) in [5.41, 5.74) is 0.957. The lowest BCUT2D eigenvalue weighted by atomic mass is 10.0. The number of phenolic OH excluding ortho intramolecular Hbond substituents is 1. The Morgan fingerprint density at radius 2 is 2.10 bits per heavy atom. The van der Waals surface area contributed by atoms with Gasteiger partial charge in [0.2, 0.25) is 0 Å². The summed E-state index contributed by atoms with van der Waals surface area (Å²) in [5.74, 6) is 1.71. The van der Waals surface area contributed by atoms with Gasteiger partial charge in [0.05, 0.1) is 16.8 Å². The third-order valence-corrected chi connectivity index (χ3v) is 9.81. The quantitative estimate of drug-likeness (QED) is 0.325. The molecule has 168 valence electrons. The number of ketones is 1. The second-order valence-electron chi connectivity index (χ2n) is 7.21. The minimum atomic E-state index is -0.943. The molecule has 1 aliphatic rings. The van der Waals surface area contributed by atoms with E-state index in [0.29, 0.717) is 59.5 Å². The highest BCUT2D eigenvalue weighted by molar-refractivity contribution is 8.20. The molecule has 0 aliphatic carbocycles. The molecule has 1 fully saturated rings. The van der Waals surface area contributed by atoms with Gasteiger partial charge < -0.3 is 14.9 Å². The van der Waals surface area contributed by atoms with Crippen molar-refractivity contribution in [2.45, 2.75) is 55.8 Å². The van der Waals surface area contributed by atoms with E-state index in [2.05, 4.69) is 0 Å². The number of hydrogen-bond acceptors (Lipinski definition) is 7. The van der Waals surface area contributed by atoms with E-state index in [1.54, 1.807) is 35.7 Å². The van der Waals surface area contributed by atoms with E-state index >= 15 is 0 Å². The van der Waals surface area contributed by atoms with Gasteiger partial charge in [-0.25, -0.2) is 0 Å². The fraction of sp³-hybridized carbons (Fsp3) is 0.619. The lowest BCUT2D eigenvalue weighted by molar-refractivity contribution is -0.137. The van der Waals surface area contributed by atoms with Crippen molar-refractivity contribution in [3.05, 3.63) is 23.3 Å². The van der Waals surface area contributed by atoms with Gasteiger partial charge in [0, 0.05) is 45.3 Å². The summed E-state index contributed by atoms with van der Waals surface area (Å²) < 4.78 is 18.5. The number of ether oxygens (including phenoxy) is 1. The molecule has 0 bridgehead atoms. The lowest BCUT2D eigenvalue weighted by Crippen LogP contribution is -2.17. The van der Waals surface area contributed by atoms with Gasteiger partial charge >= 0.3 is 5.97 Å². The Bertz CT molecular complexity index is 767. The van der Waals surface area contributed by atoms with Crippen LogP contribution in [0.5, 0.6) is 11.5 Å². The highest BCUT2D eigenvalue weighted by atomic mass is 32.2. The zero-order valence-corrected chi connectivity index (χ0v) is 19.9. The van der Waals surface area contributed by atoms with Crippen LogP contribution in [0.4, 0.5) is 0 Å². The van der Waals surface area contributed by atoms with E-state index in [9.17, 15) is 18.9 Å². The number of carbonyl (C=O) groups excluding carboxylic acids is 1. The number of carbonyl (C=O) groups is 2. The number of rotatable bonds is 13. The Labute approximate surface area is 189 Å². The summed E-state index contributed by atoms with van der Waals surface area (Å²) in [4.78, 5) is 22.3. The third-order valence-electron chi connectivity index (χ3n) is 4.67. The average molecular weight is 475 g/mol.